The highest BCUT2D eigenvalue weighted by molar-refractivity contribution is 7.85. The summed E-state index contributed by atoms with van der Waals surface area (Å²) >= 11 is 0. The molecule has 3 aromatic carbocycles. The molecule has 0 radical (unpaired) electrons. The van der Waals surface area contributed by atoms with Crippen molar-refractivity contribution in [3.05, 3.63) is 101 Å². The number of carbonyl (C=O) groups excluding carboxylic acids is 3. The standard InChI is InChI=1S/C45H49N3O9S.C2H6/c1-29-28-44(2,3)47(21-22-55-6)37-27-39-34(26-33(29)37)31(23-38(56-39)30-13-9-7-10-14-30)24-40-45(4,5)35-25-32(58(52,53)54)16-17-36(35)46(40)20-12-8-11-15-43(51)57-48-41(49)18-19-42(48)50;1-2/h7,9-10,13-14,16-17,23-28H,8,11-12,15,18-22H2,1-6H3;1-2H3/p+1. The molecule has 0 aromatic heterocycles. The number of hydrogen-bond acceptors (Lipinski definition) is 9. The number of unbranched alkanes of at least 4 members (excludes halogenated alkanes) is 2. The van der Waals surface area contributed by atoms with Crippen LogP contribution in [0.1, 0.15) is 109 Å². The summed E-state index contributed by atoms with van der Waals surface area (Å²) in [6, 6.07) is 18.9. The van der Waals surface area contributed by atoms with E-state index < -0.39 is 33.3 Å². The van der Waals surface area contributed by atoms with Gasteiger partial charge in [0.2, 0.25) is 5.69 Å². The Bertz CT molecular complexity index is 2410. The van der Waals surface area contributed by atoms with Gasteiger partial charge in [0, 0.05) is 85.5 Å². The average Bonchev–Trinajstić information content (AvgIpc) is 3.63. The second kappa shape index (κ2) is 17.7. The molecule has 0 spiro atoms. The molecule has 12 nitrogen and oxygen atoms in total. The first-order valence-corrected chi connectivity index (χ1v) is 22.1. The number of hydrogen-bond donors (Lipinski definition) is 1. The molecule has 60 heavy (non-hydrogen) atoms. The fourth-order valence-electron chi connectivity index (χ4n) is 8.42. The molecule has 1 N–H and O–H groups in total. The van der Waals surface area contributed by atoms with Crippen molar-refractivity contribution in [3.63, 3.8) is 0 Å². The zero-order chi connectivity index (χ0) is 43.6. The van der Waals surface area contributed by atoms with E-state index in [0.717, 1.165) is 50.5 Å². The maximum atomic E-state index is 12.5. The predicted molar refractivity (Wildman–Crippen MR) is 232 cm³/mol. The maximum absolute atomic E-state index is 12.5. The first-order valence-electron chi connectivity index (χ1n) is 20.6. The van der Waals surface area contributed by atoms with Crippen LogP contribution in [0.25, 0.3) is 16.9 Å². The van der Waals surface area contributed by atoms with E-state index in [1.807, 2.05) is 64.1 Å². The molecule has 4 aliphatic heterocycles. The van der Waals surface area contributed by atoms with Crippen LogP contribution in [0, 0.1) is 0 Å². The highest BCUT2D eigenvalue weighted by Gasteiger charge is 2.46. The Morgan fingerprint density at radius 1 is 0.950 bits per heavy atom. The Hall–Kier alpha value is -5.37. The van der Waals surface area contributed by atoms with Crippen molar-refractivity contribution < 1.29 is 46.2 Å². The van der Waals surface area contributed by atoms with E-state index in [0.29, 0.717) is 55.5 Å². The number of methoxy groups -OCH3 is 1. The number of ether oxygens (including phenoxy) is 2. The topological polar surface area (TPSA) is 143 Å². The highest BCUT2D eigenvalue weighted by Crippen LogP contribution is 2.48. The van der Waals surface area contributed by atoms with Crippen LogP contribution in [0.3, 0.4) is 0 Å². The Morgan fingerprint density at radius 3 is 2.32 bits per heavy atom. The third-order valence-corrected chi connectivity index (χ3v) is 12.2. The minimum atomic E-state index is -4.47. The second-order valence-electron chi connectivity index (χ2n) is 16.2. The molecule has 0 aliphatic carbocycles. The van der Waals surface area contributed by atoms with Crippen molar-refractivity contribution in [2.75, 3.05) is 31.7 Å². The van der Waals surface area contributed by atoms with Crippen LogP contribution >= 0.6 is 0 Å². The molecule has 0 saturated carbocycles. The Labute approximate surface area is 353 Å². The lowest BCUT2D eigenvalue weighted by atomic mass is 9.80. The molecule has 318 valence electrons. The minimum Gasteiger partial charge on any atom is -0.456 e. The summed E-state index contributed by atoms with van der Waals surface area (Å²) in [6.45, 7) is 16.4. The summed E-state index contributed by atoms with van der Waals surface area (Å²) in [5.74, 6) is -0.274. The van der Waals surface area contributed by atoms with Gasteiger partial charge in [0.1, 0.15) is 18.1 Å². The molecular formula is C47H56N3O9S+. The van der Waals surface area contributed by atoms with Crippen LogP contribution < -0.4 is 9.64 Å². The van der Waals surface area contributed by atoms with E-state index in [4.69, 9.17) is 14.3 Å². The maximum Gasteiger partial charge on any atom is 0.333 e. The molecule has 4 heterocycles. The number of benzene rings is 3. The van der Waals surface area contributed by atoms with Gasteiger partial charge in [-0.2, -0.15) is 13.0 Å². The predicted octanol–water partition coefficient (Wildman–Crippen LogP) is 8.67. The summed E-state index contributed by atoms with van der Waals surface area (Å²) in [4.78, 5) is 43.5. The minimum absolute atomic E-state index is 0.0349. The fraction of sp³-hybridized carbons (Fsp3) is 0.404. The summed E-state index contributed by atoms with van der Waals surface area (Å²) < 4.78 is 49.2. The summed E-state index contributed by atoms with van der Waals surface area (Å²) in [6.07, 6.45) is 8.36. The zero-order valence-corrected chi connectivity index (χ0v) is 36.6. The monoisotopic (exact) mass is 838 g/mol. The van der Waals surface area contributed by atoms with Gasteiger partial charge in [0.15, 0.2) is 5.71 Å². The zero-order valence-electron chi connectivity index (χ0n) is 35.8. The quantitative estimate of drug-likeness (QED) is 0.0769. The number of carbonyl (C=O) groups is 3. The first kappa shape index (κ1) is 44.2. The SMILES string of the molecule is CC.COCCN1c2cc3c(cc2C(C)=CC1(C)C)/C(=C/C1=[N+](CCCCCC(=O)ON2C(=O)CCC2=O)c2ccc(S(=O)(=O)O)cc2C1(C)C)C=C(c1ccccc1)O3. The molecule has 4 aliphatic rings. The number of fused-ring (bicyclic) bond motifs is 3. The Balaban J connectivity index is 0.00000297. The van der Waals surface area contributed by atoms with E-state index in [1.54, 1.807) is 19.2 Å². The molecule has 7 rings (SSSR count). The van der Waals surface area contributed by atoms with E-state index in [2.05, 4.69) is 54.5 Å². The number of anilines is 1. The molecule has 0 unspecified atom stereocenters. The van der Waals surface area contributed by atoms with Crippen LogP contribution in [0.2, 0.25) is 0 Å². The van der Waals surface area contributed by atoms with Crippen LogP contribution in [-0.4, -0.2) is 78.4 Å². The Morgan fingerprint density at radius 2 is 1.65 bits per heavy atom. The van der Waals surface area contributed by atoms with E-state index in [1.165, 1.54) is 6.07 Å². The lowest BCUT2D eigenvalue weighted by molar-refractivity contribution is -0.438. The smallest absolute Gasteiger partial charge is 0.333 e. The molecule has 0 atom stereocenters. The van der Waals surface area contributed by atoms with E-state index in [9.17, 15) is 27.4 Å². The van der Waals surface area contributed by atoms with Crippen LogP contribution in [0.4, 0.5) is 11.4 Å². The van der Waals surface area contributed by atoms with Gasteiger partial charge in [-0.05, 0) is 82.9 Å². The molecular weight excluding hydrogens is 783 g/mol. The number of amides is 2. The molecule has 1 saturated heterocycles. The average molecular weight is 839 g/mol. The largest absolute Gasteiger partial charge is 0.456 e. The van der Waals surface area contributed by atoms with Crippen LogP contribution in [-0.2, 0) is 39.5 Å². The van der Waals surface area contributed by atoms with Crippen molar-refractivity contribution in [3.8, 4) is 5.75 Å². The van der Waals surface area contributed by atoms with Gasteiger partial charge in [-0.1, -0.05) is 50.3 Å². The third kappa shape index (κ3) is 8.89. The van der Waals surface area contributed by atoms with Crippen molar-refractivity contribution in [1.82, 2.24) is 5.06 Å². The summed E-state index contributed by atoms with van der Waals surface area (Å²) in [5.41, 5.74) is 7.53. The van der Waals surface area contributed by atoms with E-state index >= 15 is 0 Å². The highest BCUT2D eigenvalue weighted by atomic mass is 32.2. The van der Waals surface area contributed by atoms with Crippen molar-refractivity contribution >= 4 is 61.9 Å². The molecule has 13 heteroatoms. The van der Waals surface area contributed by atoms with Crippen molar-refractivity contribution in [1.29, 1.82) is 0 Å². The molecule has 2 amide bonds. The van der Waals surface area contributed by atoms with Gasteiger partial charge in [0.05, 0.1) is 22.5 Å². The number of allylic oxidation sites excluding steroid dienone is 4. The lowest BCUT2D eigenvalue weighted by Crippen LogP contribution is -2.46. The van der Waals surface area contributed by atoms with Gasteiger partial charge in [-0.3, -0.25) is 14.1 Å². The fourth-order valence-corrected chi connectivity index (χ4v) is 8.93. The van der Waals surface area contributed by atoms with Gasteiger partial charge < -0.3 is 19.2 Å². The van der Waals surface area contributed by atoms with Crippen molar-refractivity contribution in [2.45, 2.75) is 103 Å². The lowest BCUT2D eigenvalue weighted by Gasteiger charge is -2.43. The number of rotatable bonds is 13. The van der Waals surface area contributed by atoms with Crippen molar-refractivity contribution in [2.24, 2.45) is 0 Å². The molecule has 0 bridgehead atoms. The summed E-state index contributed by atoms with van der Waals surface area (Å²) in [5, 5.41) is 0.568. The van der Waals surface area contributed by atoms with E-state index in [-0.39, 0.29) is 29.7 Å². The number of hydroxylamine groups is 2. The first-order chi connectivity index (χ1) is 28.5. The van der Waals surface area contributed by atoms with Crippen LogP contribution in [0.15, 0.2) is 83.8 Å². The van der Waals surface area contributed by atoms with Gasteiger partial charge in [-0.25, -0.2) is 4.79 Å². The van der Waals surface area contributed by atoms with Gasteiger partial charge in [0.25, 0.3) is 21.9 Å². The van der Waals surface area contributed by atoms with Gasteiger partial charge >= 0.3 is 5.97 Å². The Kier molecular flexibility index (Phi) is 13.0. The number of nitrogens with zero attached hydrogens (tertiary/aromatic N) is 3. The number of imide groups is 1. The van der Waals surface area contributed by atoms with Crippen LogP contribution in [0.5, 0.6) is 5.75 Å². The third-order valence-electron chi connectivity index (χ3n) is 11.4. The summed E-state index contributed by atoms with van der Waals surface area (Å²) in [7, 11) is -2.77. The van der Waals surface area contributed by atoms with Gasteiger partial charge in [-0.15, -0.1) is 5.06 Å². The molecule has 3 aromatic rings. The second-order valence-corrected chi connectivity index (χ2v) is 17.7. The molecule has 1 fully saturated rings. The normalized spacial score (nSPS) is 18.2.